The van der Waals surface area contributed by atoms with Crippen molar-refractivity contribution in [1.29, 1.82) is 0 Å². The van der Waals surface area contributed by atoms with Gasteiger partial charge in [-0.05, 0) is 35.5 Å². The Morgan fingerprint density at radius 2 is 2.00 bits per heavy atom. The van der Waals surface area contributed by atoms with E-state index in [4.69, 9.17) is 10.8 Å². The van der Waals surface area contributed by atoms with Crippen LogP contribution in [-0.2, 0) is 4.79 Å². The van der Waals surface area contributed by atoms with Crippen LogP contribution in [0.15, 0.2) is 0 Å². The molecule has 4 aliphatic rings. The second kappa shape index (κ2) is 2.16. The maximum absolute atomic E-state index is 11.0. The van der Waals surface area contributed by atoms with Gasteiger partial charge in [-0.3, -0.25) is 4.79 Å². The van der Waals surface area contributed by atoms with E-state index in [9.17, 15) is 4.79 Å². The average molecular weight is 195 g/mol. The summed E-state index contributed by atoms with van der Waals surface area (Å²) in [6, 6.07) is 0.140. The maximum Gasteiger partial charge on any atom is 0.307 e. The molecule has 0 amide bonds. The third-order valence-electron chi connectivity index (χ3n) is 5.21. The summed E-state index contributed by atoms with van der Waals surface area (Å²) in [7, 11) is 0. The van der Waals surface area contributed by atoms with Crippen molar-refractivity contribution in [3.05, 3.63) is 0 Å². The van der Waals surface area contributed by atoms with E-state index >= 15 is 0 Å². The SMILES string of the molecule is CC1(C)[C@@H]2C[C@H]1C(N)C1C(C(=O)O)C12. The van der Waals surface area contributed by atoms with Crippen LogP contribution in [0.4, 0.5) is 0 Å². The van der Waals surface area contributed by atoms with Gasteiger partial charge in [0.2, 0.25) is 0 Å². The zero-order valence-corrected chi connectivity index (χ0v) is 8.60. The van der Waals surface area contributed by atoms with Gasteiger partial charge in [0.25, 0.3) is 0 Å². The Morgan fingerprint density at radius 3 is 2.50 bits per heavy atom. The topological polar surface area (TPSA) is 63.3 Å². The average Bonchev–Trinajstić information content (AvgIpc) is 2.78. The second-order valence-electron chi connectivity index (χ2n) is 5.87. The highest BCUT2D eigenvalue weighted by Crippen LogP contribution is 2.73. The molecule has 4 saturated carbocycles. The van der Waals surface area contributed by atoms with Crippen molar-refractivity contribution in [2.24, 2.45) is 40.7 Å². The van der Waals surface area contributed by atoms with Crippen molar-refractivity contribution >= 4 is 5.97 Å². The normalized spacial score (nSPS) is 57.1. The van der Waals surface area contributed by atoms with E-state index in [1.165, 1.54) is 6.42 Å². The van der Waals surface area contributed by atoms with Crippen molar-refractivity contribution < 1.29 is 9.90 Å². The molecule has 0 aromatic rings. The number of aliphatic carboxylic acids is 1. The van der Waals surface area contributed by atoms with Crippen LogP contribution in [0.3, 0.4) is 0 Å². The molecular formula is C11H17NO2. The molecule has 3 heteroatoms. The molecule has 0 aromatic heterocycles. The van der Waals surface area contributed by atoms with E-state index in [0.29, 0.717) is 29.1 Å². The van der Waals surface area contributed by atoms with Crippen LogP contribution in [-0.4, -0.2) is 17.1 Å². The number of carboxylic acid groups (broad SMARTS) is 1. The first-order chi connectivity index (χ1) is 6.46. The lowest BCUT2D eigenvalue weighted by Gasteiger charge is -2.58. The third-order valence-corrected chi connectivity index (χ3v) is 5.21. The Bertz CT molecular complexity index is 312. The summed E-state index contributed by atoms with van der Waals surface area (Å²) in [6.45, 7) is 4.50. The fraction of sp³-hybridized carbons (Fsp3) is 0.909. The van der Waals surface area contributed by atoms with Gasteiger partial charge >= 0.3 is 5.97 Å². The van der Waals surface area contributed by atoms with Gasteiger partial charge in [0, 0.05) is 6.04 Å². The van der Waals surface area contributed by atoms with E-state index in [0.717, 1.165) is 0 Å². The lowest BCUT2D eigenvalue weighted by molar-refractivity contribution is -0.139. The minimum atomic E-state index is -0.626. The van der Waals surface area contributed by atoms with Gasteiger partial charge in [0.1, 0.15) is 0 Å². The van der Waals surface area contributed by atoms with Gasteiger partial charge in [-0.2, -0.15) is 0 Å². The highest BCUT2D eigenvalue weighted by atomic mass is 16.4. The number of rotatable bonds is 1. The lowest BCUT2D eigenvalue weighted by Crippen LogP contribution is -2.58. The van der Waals surface area contributed by atoms with Gasteiger partial charge in [0.15, 0.2) is 0 Å². The molecular weight excluding hydrogens is 178 g/mol. The van der Waals surface area contributed by atoms with E-state index in [2.05, 4.69) is 13.8 Å². The Balaban J connectivity index is 1.91. The predicted molar refractivity (Wildman–Crippen MR) is 51.5 cm³/mol. The molecule has 4 rings (SSSR count). The lowest BCUT2D eigenvalue weighted by atomic mass is 9.47. The minimum Gasteiger partial charge on any atom is -0.481 e. The van der Waals surface area contributed by atoms with Crippen LogP contribution < -0.4 is 5.73 Å². The molecule has 0 heterocycles. The Labute approximate surface area is 83.7 Å². The fourth-order valence-electron chi connectivity index (χ4n) is 4.27. The zero-order chi connectivity index (χ0) is 10.2. The highest BCUT2D eigenvalue weighted by Gasteiger charge is 2.74. The van der Waals surface area contributed by atoms with E-state index < -0.39 is 5.97 Å². The van der Waals surface area contributed by atoms with Crippen molar-refractivity contribution in [2.45, 2.75) is 26.3 Å². The number of carboxylic acids is 1. The summed E-state index contributed by atoms with van der Waals surface area (Å²) in [4.78, 5) is 11.0. The molecule has 3 nitrogen and oxygen atoms in total. The Morgan fingerprint density at radius 1 is 1.36 bits per heavy atom. The summed E-state index contributed by atoms with van der Waals surface area (Å²) in [5.74, 6) is 1.13. The quantitative estimate of drug-likeness (QED) is 0.654. The first-order valence-electron chi connectivity index (χ1n) is 5.44. The molecule has 0 aromatic carbocycles. The fourth-order valence-corrected chi connectivity index (χ4v) is 4.27. The van der Waals surface area contributed by atoms with E-state index in [1.807, 2.05) is 0 Å². The third kappa shape index (κ3) is 0.724. The van der Waals surface area contributed by atoms with Crippen LogP contribution in [0.1, 0.15) is 20.3 Å². The molecule has 78 valence electrons. The smallest absolute Gasteiger partial charge is 0.307 e. The standard InChI is InChI=1S/C11H17NO2/c1-11(2)4-3-5(11)9(12)7-6(4)8(7)10(13)14/h4-9H,3,12H2,1-2H3,(H,13,14)/t4-,5+,6?,7?,8?,9?/m1/s1. The minimum absolute atomic E-state index is 0.123. The molecule has 0 aliphatic heterocycles. The predicted octanol–water partition coefficient (Wildman–Crippen LogP) is 0.936. The van der Waals surface area contributed by atoms with Crippen LogP contribution in [0.2, 0.25) is 0 Å². The monoisotopic (exact) mass is 195 g/mol. The van der Waals surface area contributed by atoms with Crippen LogP contribution in [0.5, 0.6) is 0 Å². The largest absolute Gasteiger partial charge is 0.481 e. The van der Waals surface area contributed by atoms with Gasteiger partial charge in [-0.25, -0.2) is 0 Å². The molecule has 14 heavy (non-hydrogen) atoms. The van der Waals surface area contributed by atoms with Crippen molar-refractivity contribution in [2.75, 3.05) is 0 Å². The summed E-state index contributed by atoms with van der Waals surface area (Å²) < 4.78 is 0. The van der Waals surface area contributed by atoms with Crippen LogP contribution in [0.25, 0.3) is 0 Å². The summed E-state index contributed by atoms with van der Waals surface area (Å²) in [6.07, 6.45) is 1.17. The van der Waals surface area contributed by atoms with Crippen molar-refractivity contribution in [1.82, 2.24) is 0 Å². The van der Waals surface area contributed by atoms with E-state index in [-0.39, 0.29) is 12.0 Å². The van der Waals surface area contributed by atoms with Gasteiger partial charge in [-0.15, -0.1) is 0 Å². The molecule has 6 atom stereocenters. The van der Waals surface area contributed by atoms with E-state index in [1.54, 1.807) is 0 Å². The number of nitrogens with two attached hydrogens (primary N) is 1. The first kappa shape index (κ1) is 8.72. The number of hydrogen-bond donors (Lipinski definition) is 2. The highest BCUT2D eigenvalue weighted by molar-refractivity contribution is 5.75. The van der Waals surface area contributed by atoms with Crippen molar-refractivity contribution in [3.8, 4) is 0 Å². The molecule has 0 radical (unpaired) electrons. The molecule has 2 bridgehead atoms. The van der Waals surface area contributed by atoms with Gasteiger partial charge < -0.3 is 10.8 Å². The summed E-state index contributed by atoms with van der Waals surface area (Å²) in [5, 5.41) is 9.05. The Hall–Kier alpha value is -0.570. The molecule has 4 aliphatic carbocycles. The van der Waals surface area contributed by atoms with Gasteiger partial charge in [0.05, 0.1) is 5.92 Å². The van der Waals surface area contributed by atoms with Crippen LogP contribution in [0, 0.1) is 35.0 Å². The first-order valence-corrected chi connectivity index (χ1v) is 5.44. The van der Waals surface area contributed by atoms with Gasteiger partial charge in [-0.1, -0.05) is 13.8 Å². The zero-order valence-electron chi connectivity index (χ0n) is 8.60. The second-order valence-corrected chi connectivity index (χ2v) is 5.87. The van der Waals surface area contributed by atoms with Crippen molar-refractivity contribution in [3.63, 3.8) is 0 Å². The summed E-state index contributed by atoms with van der Waals surface area (Å²) in [5.41, 5.74) is 6.44. The maximum atomic E-state index is 11.0. The molecule has 0 saturated heterocycles. The summed E-state index contributed by atoms with van der Waals surface area (Å²) >= 11 is 0. The number of hydrogen-bond acceptors (Lipinski definition) is 2. The Kier molecular flexibility index (Phi) is 1.34. The molecule has 4 fully saturated rings. The van der Waals surface area contributed by atoms with Crippen LogP contribution >= 0.6 is 0 Å². The molecule has 0 spiro atoms. The number of carbonyl (C=O) groups is 1. The molecule has 4 unspecified atom stereocenters. The molecule has 3 N–H and O–H groups in total.